The molecule has 0 aliphatic carbocycles. The molecular formula is C14H14N4O. The third-order valence-electron chi connectivity index (χ3n) is 2.81. The van der Waals surface area contributed by atoms with E-state index in [0.29, 0.717) is 22.6 Å². The lowest BCUT2D eigenvalue weighted by atomic mass is 10.1. The van der Waals surface area contributed by atoms with Gasteiger partial charge in [0.2, 0.25) is 0 Å². The monoisotopic (exact) mass is 254 g/mol. The summed E-state index contributed by atoms with van der Waals surface area (Å²) in [5.41, 5.74) is 8.08. The maximum absolute atomic E-state index is 11.9. The minimum atomic E-state index is -0.105. The zero-order chi connectivity index (χ0) is 14.0. The Morgan fingerprint density at radius 2 is 2.11 bits per heavy atom. The molecule has 1 aromatic heterocycles. The van der Waals surface area contributed by atoms with Crippen LogP contribution >= 0.6 is 0 Å². The van der Waals surface area contributed by atoms with Crippen molar-refractivity contribution in [3.05, 3.63) is 47.8 Å². The fourth-order valence-corrected chi connectivity index (χ4v) is 1.83. The second kappa shape index (κ2) is 4.86. The van der Waals surface area contributed by atoms with E-state index in [4.69, 9.17) is 11.0 Å². The van der Waals surface area contributed by atoms with E-state index in [1.807, 2.05) is 0 Å². The summed E-state index contributed by atoms with van der Waals surface area (Å²) in [5.74, 6) is -0.105. The summed E-state index contributed by atoms with van der Waals surface area (Å²) >= 11 is 0. The number of aromatic nitrogens is 1. The van der Waals surface area contributed by atoms with Gasteiger partial charge in [0.05, 0.1) is 11.4 Å². The number of carbonyl (C=O) groups is 1. The summed E-state index contributed by atoms with van der Waals surface area (Å²) in [6, 6.07) is 10.6. The van der Waals surface area contributed by atoms with Crippen LogP contribution in [0.15, 0.2) is 36.5 Å². The molecule has 2 rings (SSSR count). The molecule has 5 nitrogen and oxygen atoms in total. The Morgan fingerprint density at radius 1 is 1.37 bits per heavy atom. The summed E-state index contributed by atoms with van der Waals surface area (Å²) in [6.45, 7) is 0. The van der Waals surface area contributed by atoms with Gasteiger partial charge in [0, 0.05) is 25.9 Å². The predicted octanol–water partition coefficient (Wildman–Crippen LogP) is 1.63. The first-order valence-corrected chi connectivity index (χ1v) is 5.73. The number of nitrogens with zero attached hydrogens (tertiary/aromatic N) is 3. The lowest BCUT2D eigenvalue weighted by molar-refractivity contribution is 0.0827. The van der Waals surface area contributed by atoms with Crippen LogP contribution in [0.3, 0.4) is 0 Å². The van der Waals surface area contributed by atoms with Crippen molar-refractivity contribution in [3.63, 3.8) is 0 Å². The van der Waals surface area contributed by atoms with Gasteiger partial charge in [-0.3, -0.25) is 4.79 Å². The molecule has 0 saturated heterocycles. The van der Waals surface area contributed by atoms with Crippen LogP contribution in [-0.2, 0) is 0 Å². The summed E-state index contributed by atoms with van der Waals surface area (Å²) in [7, 11) is 3.38. The van der Waals surface area contributed by atoms with E-state index in [2.05, 4.69) is 6.07 Å². The van der Waals surface area contributed by atoms with Gasteiger partial charge in [0.1, 0.15) is 11.8 Å². The Labute approximate surface area is 111 Å². The number of carbonyl (C=O) groups excluding carboxylic acids is 1. The van der Waals surface area contributed by atoms with Crippen molar-refractivity contribution in [1.29, 1.82) is 5.26 Å². The van der Waals surface area contributed by atoms with E-state index in [1.54, 1.807) is 55.2 Å². The summed E-state index contributed by atoms with van der Waals surface area (Å²) in [4.78, 5) is 13.4. The normalized spacial score (nSPS) is 9.95. The number of hydrogen-bond acceptors (Lipinski definition) is 3. The van der Waals surface area contributed by atoms with Crippen molar-refractivity contribution in [3.8, 4) is 11.8 Å². The summed E-state index contributed by atoms with van der Waals surface area (Å²) < 4.78 is 1.67. The van der Waals surface area contributed by atoms with E-state index in [0.717, 1.165) is 0 Å². The number of amides is 1. The van der Waals surface area contributed by atoms with Gasteiger partial charge in [-0.15, -0.1) is 0 Å². The van der Waals surface area contributed by atoms with Crippen molar-refractivity contribution in [2.24, 2.45) is 0 Å². The minimum Gasteiger partial charge on any atom is -0.397 e. The summed E-state index contributed by atoms with van der Waals surface area (Å²) in [6.07, 6.45) is 1.74. The highest BCUT2D eigenvalue weighted by Gasteiger charge is 2.12. The van der Waals surface area contributed by atoms with E-state index < -0.39 is 0 Å². The van der Waals surface area contributed by atoms with E-state index in [-0.39, 0.29) is 5.91 Å². The Hall–Kier alpha value is -2.74. The Bertz CT molecular complexity index is 664. The van der Waals surface area contributed by atoms with Crippen molar-refractivity contribution < 1.29 is 4.79 Å². The highest BCUT2D eigenvalue weighted by Crippen LogP contribution is 2.21. The predicted molar refractivity (Wildman–Crippen MR) is 72.9 cm³/mol. The molecule has 0 bridgehead atoms. The number of anilines is 1. The molecule has 1 amide bonds. The average Bonchev–Trinajstić information content (AvgIpc) is 2.86. The standard InChI is InChI=1S/C14H14N4O/c1-17(2)14(19)10-5-6-12(16)13(8-10)18-7-3-4-11(18)9-15/h3-8H,16H2,1-2H3. The first kappa shape index (κ1) is 12.7. The van der Waals surface area contributed by atoms with E-state index in [1.165, 1.54) is 4.90 Å². The SMILES string of the molecule is CN(C)C(=O)c1ccc(N)c(-n2cccc2C#N)c1. The van der Waals surface area contributed by atoms with Crippen LogP contribution < -0.4 is 5.73 Å². The van der Waals surface area contributed by atoms with Gasteiger partial charge < -0.3 is 15.2 Å². The van der Waals surface area contributed by atoms with Gasteiger partial charge in [-0.05, 0) is 30.3 Å². The Kier molecular flexibility index (Phi) is 3.25. The third kappa shape index (κ3) is 2.29. The molecule has 0 aliphatic heterocycles. The Morgan fingerprint density at radius 3 is 2.74 bits per heavy atom. The van der Waals surface area contributed by atoms with Crippen LogP contribution in [0.2, 0.25) is 0 Å². The molecular weight excluding hydrogens is 240 g/mol. The maximum Gasteiger partial charge on any atom is 0.253 e. The quantitative estimate of drug-likeness (QED) is 0.828. The number of hydrogen-bond donors (Lipinski definition) is 1. The van der Waals surface area contributed by atoms with Gasteiger partial charge >= 0.3 is 0 Å². The zero-order valence-corrected chi connectivity index (χ0v) is 10.8. The molecule has 0 unspecified atom stereocenters. The molecule has 19 heavy (non-hydrogen) atoms. The molecule has 0 spiro atoms. The molecule has 1 aromatic carbocycles. The second-order valence-corrected chi connectivity index (χ2v) is 4.35. The third-order valence-corrected chi connectivity index (χ3v) is 2.81. The second-order valence-electron chi connectivity index (χ2n) is 4.35. The first-order valence-electron chi connectivity index (χ1n) is 5.73. The van der Waals surface area contributed by atoms with Gasteiger partial charge in [-0.1, -0.05) is 0 Å². The van der Waals surface area contributed by atoms with Crippen molar-refractivity contribution in [2.75, 3.05) is 19.8 Å². The Balaban J connectivity index is 2.56. The van der Waals surface area contributed by atoms with Crippen LogP contribution in [0.25, 0.3) is 5.69 Å². The van der Waals surface area contributed by atoms with Crippen LogP contribution in [0.5, 0.6) is 0 Å². The van der Waals surface area contributed by atoms with Crippen molar-refractivity contribution in [2.45, 2.75) is 0 Å². The molecule has 5 heteroatoms. The number of benzene rings is 1. The maximum atomic E-state index is 11.9. The number of nitrogen functional groups attached to an aromatic ring is 1. The zero-order valence-electron chi connectivity index (χ0n) is 10.8. The van der Waals surface area contributed by atoms with Gasteiger partial charge in [0.15, 0.2) is 0 Å². The van der Waals surface area contributed by atoms with Crippen molar-refractivity contribution >= 4 is 11.6 Å². The molecule has 0 saturated carbocycles. The van der Waals surface area contributed by atoms with E-state index >= 15 is 0 Å². The molecule has 1 heterocycles. The molecule has 2 N–H and O–H groups in total. The van der Waals surface area contributed by atoms with E-state index in [9.17, 15) is 4.79 Å². The smallest absolute Gasteiger partial charge is 0.253 e. The van der Waals surface area contributed by atoms with Gasteiger partial charge in [-0.25, -0.2) is 0 Å². The highest BCUT2D eigenvalue weighted by molar-refractivity contribution is 5.95. The van der Waals surface area contributed by atoms with Crippen molar-refractivity contribution in [1.82, 2.24) is 9.47 Å². The number of nitriles is 1. The molecule has 0 aliphatic rings. The number of rotatable bonds is 2. The highest BCUT2D eigenvalue weighted by atomic mass is 16.2. The fraction of sp³-hybridized carbons (Fsp3) is 0.143. The topological polar surface area (TPSA) is 75.0 Å². The van der Waals surface area contributed by atoms with Gasteiger partial charge in [-0.2, -0.15) is 5.26 Å². The summed E-state index contributed by atoms with van der Waals surface area (Å²) in [5, 5.41) is 9.04. The average molecular weight is 254 g/mol. The molecule has 0 fully saturated rings. The molecule has 96 valence electrons. The molecule has 0 atom stereocenters. The largest absolute Gasteiger partial charge is 0.397 e. The first-order chi connectivity index (χ1) is 9.04. The number of nitrogens with two attached hydrogens (primary N) is 1. The van der Waals surface area contributed by atoms with Gasteiger partial charge in [0.25, 0.3) is 5.91 Å². The van der Waals surface area contributed by atoms with Crippen LogP contribution in [-0.4, -0.2) is 29.5 Å². The minimum absolute atomic E-state index is 0.105. The van der Waals surface area contributed by atoms with Crippen LogP contribution in [0.4, 0.5) is 5.69 Å². The lowest BCUT2D eigenvalue weighted by Gasteiger charge is -2.13. The van der Waals surface area contributed by atoms with Crippen LogP contribution in [0, 0.1) is 11.3 Å². The molecule has 0 radical (unpaired) electrons. The fourth-order valence-electron chi connectivity index (χ4n) is 1.83. The molecule has 2 aromatic rings. The van der Waals surface area contributed by atoms with Crippen LogP contribution in [0.1, 0.15) is 16.1 Å². The lowest BCUT2D eigenvalue weighted by Crippen LogP contribution is -2.22.